The van der Waals surface area contributed by atoms with E-state index in [1.165, 1.54) is 5.56 Å². The normalized spacial score (nSPS) is 25.4. The van der Waals surface area contributed by atoms with Gasteiger partial charge < -0.3 is 9.73 Å². The number of furan rings is 1. The molecule has 1 aliphatic heterocycles. The van der Waals surface area contributed by atoms with Crippen LogP contribution in [0.1, 0.15) is 45.9 Å². The third kappa shape index (κ3) is 4.83. The second-order valence-electron chi connectivity index (χ2n) is 7.58. The van der Waals surface area contributed by atoms with E-state index in [-0.39, 0.29) is 5.54 Å². The third-order valence-corrected chi connectivity index (χ3v) is 4.35. The summed E-state index contributed by atoms with van der Waals surface area (Å²) in [5, 5.41) is 3.49. The molecular formula is C17H31N3O. The number of hydrogen-bond acceptors (Lipinski definition) is 4. The van der Waals surface area contributed by atoms with Gasteiger partial charge in [0.2, 0.25) is 0 Å². The van der Waals surface area contributed by atoms with Crippen molar-refractivity contribution in [3.05, 3.63) is 23.7 Å². The highest BCUT2D eigenvalue weighted by molar-refractivity contribution is 5.13. The van der Waals surface area contributed by atoms with Crippen LogP contribution in [-0.2, 0) is 13.1 Å². The Balaban J connectivity index is 1.88. The van der Waals surface area contributed by atoms with Crippen molar-refractivity contribution in [3.63, 3.8) is 0 Å². The molecule has 1 aromatic rings. The van der Waals surface area contributed by atoms with Crippen LogP contribution in [0.4, 0.5) is 0 Å². The van der Waals surface area contributed by atoms with E-state index in [9.17, 15) is 0 Å². The predicted molar refractivity (Wildman–Crippen MR) is 87.3 cm³/mol. The molecular weight excluding hydrogens is 262 g/mol. The molecule has 4 nitrogen and oxygen atoms in total. The average molecular weight is 293 g/mol. The van der Waals surface area contributed by atoms with Gasteiger partial charge in [0.05, 0.1) is 12.8 Å². The summed E-state index contributed by atoms with van der Waals surface area (Å²) >= 11 is 0. The van der Waals surface area contributed by atoms with E-state index in [4.69, 9.17) is 4.42 Å². The molecule has 0 aliphatic carbocycles. The fraction of sp³-hybridized carbons (Fsp3) is 0.765. The predicted octanol–water partition coefficient (Wildman–Crippen LogP) is 2.69. The zero-order valence-electron chi connectivity index (χ0n) is 14.4. The van der Waals surface area contributed by atoms with Gasteiger partial charge in [0, 0.05) is 42.8 Å². The highest BCUT2D eigenvalue weighted by Gasteiger charge is 2.26. The Morgan fingerprint density at radius 2 is 1.86 bits per heavy atom. The van der Waals surface area contributed by atoms with Crippen LogP contribution >= 0.6 is 0 Å². The average Bonchev–Trinajstić information content (AvgIpc) is 2.80. The molecule has 1 fully saturated rings. The molecule has 0 amide bonds. The van der Waals surface area contributed by atoms with Gasteiger partial charge in [-0.3, -0.25) is 9.80 Å². The zero-order valence-corrected chi connectivity index (χ0v) is 14.4. The van der Waals surface area contributed by atoms with Gasteiger partial charge in [-0.25, -0.2) is 0 Å². The largest absolute Gasteiger partial charge is 0.468 e. The first-order valence-electron chi connectivity index (χ1n) is 8.00. The topological polar surface area (TPSA) is 31.6 Å². The Morgan fingerprint density at radius 1 is 1.24 bits per heavy atom. The number of piperazine rings is 1. The van der Waals surface area contributed by atoms with Crippen LogP contribution in [0.5, 0.6) is 0 Å². The van der Waals surface area contributed by atoms with E-state index < -0.39 is 0 Å². The van der Waals surface area contributed by atoms with Gasteiger partial charge in [0.1, 0.15) is 5.76 Å². The van der Waals surface area contributed by atoms with E-state index in [2.05, 4.69) is 62.8 Å². The zero-order chi connectivity index (χ0) is 15.6. The Hall–Kier alpha value is -0.840. The number of nitrogens with zero attached hydrogens (tertiary/aromatic N) is 2. The molecule has 4 heteroatoms. The van der Waals surface area contributed by atoms with Gasteiger partial charge in [-0.15, -0.1) is 0 Å². The summed E-state index contributed by atoms with van der Waals surface area (Å²) in [6.45, 7) is 15.1. The van der Waals surface area contributed by atoms with Crippen LogP contribution in [0, 0.1) is 0 Å². The molecule has 1 saturated heterocycles. The van der Waals surface area contributed by atoms with E-state index in [1.807, 2.05) is 6.26 Å². The number of hydrogen-bond donors (Lipinski definition) is 1. The van der Waals surface area contributed by atoms with Gasteiger partial charge in [0.25, 0.3) is 0 Å². The molecule has 2 rings (SSSR count). The lowest BCUT2D eigenvalue weighted by molar-refractivity contribution is 0.0518. The van der Waals surface area contributed by atoms with Crippen molar-refractivity contribution >= 4 is 0 Å². The van der Waals surface area contributed by atoms with Crippen molar-refractivity contribution in [2.45, 2.75) is 65.3 Å². The standard InChI is InChI=1S/C17H31N3O/c1-13-9-20(10-14(2)19(13)6)11-16-7-15(12-21-16)8-18-17(3,4)5/h7,12-14,18H,8-11H2,1-6H3. The number of nitrogens with one attached hydrogen (secondary N) is 1. The lowest BCUT2D eigenvalue weighted by atomic mass is 10.1. The van der Waals surface area contributed by atoms with Crippen LogP contribution in [0.25, 0.3) is 0 Å². The van der Waals surface area contributed by atoms with Gasteiger partial charge in [-0.05, 0) is 47.7 Å². The Morgan fingerprint density at radius 3 is 2.43 bits per heavy atom. The van der Waals surface area contributed by atoms with Gasteiger partial charge in [-0.1, -0.05) is 0 Å². The quantitative estimate of drug-likeness (QED) is 0.925. The minimum absolute atomic E-state index is 0.139. The van der Waals surface area contributed by atoms with Crippen LogP contribution in [0.15, 0.2) is 16.7 Å². The highest BCUT2D eigenvalue weighted by Crippen LogP contribution is 2.17. The minimum Gasteiger partial charge on any atom is -0.468 e. The maximum Gasteiger partial charge on any atom is 0.118 e. The monoisotopic (exact) mass is 293 g/mol. The summed E-state index contributed by atoms with van der Waals surface area (Å²) in [6, 6.07) is 3.39. The summed E-state index contributed by atoms with van der Waals surface area (Å²) in [7, 11) is 2.22. The second-order valence-corrected chi connectivity index (χ2v) is 7.58. The van der Waals surface area contributed by atoms with Crippen LogP contribution in [0.3, 0.4) is 0 Å². The number of likely N-dealkylation sites (N-methyl/N-ethyl adjacent to an activating group) is 1. The van der Waals surface area contributed by atoms with Gasteiger partial charge in [0.15, 0.2) is 0 Å². The molecule has 2 heterocycles. The summed E-state index contributed by atoms with van der Waals surface area (Å²) in [5.74, 6) is 1.07. The first-order valence-corrected chi connectivity index (χ1v) is 8.00. The second kappa shape index (κ2) is 6.51. The highest BCUT2D eigenvalue weighted by atomic mass is 16.3. The Labute approximate surface area is 129 Å². The molecule has 1 aromatic heterocycles. The van der Waals surface area contributed by atoms with Crippen molar-refractivity contribution in [2.24, 2.45) is 0 Å². The molecule has 120 valence electrons. The van der Waals surface area contributed by atoms with Crippen LogP contribution < -0.4 is 5.32 Å². The van der Waals surface area contributed by atoms with Crippen molar-refractivity contribution in [1.29, 1.82) is 0 Å². The van der Waals surface area contributed by atoms with Gasteiger partial charge >= 0.3 is 0 Å². The van der Waals surface area contributed by atoms with Crippen LogP contribution in [0.2, 0.25) is 0 Å². The van der Waals surface area contributed by atoms with E-state index in [0.29, 0.717) is 12.1 Å². The smallest absolute Gasteiger partial charge is 0.118 e. The molecule has 0 saturated carbocycles. The minimum atomic E-state index is 0.139. The Kier molecular flexibility index (Phi) is 5.12. The molecule has 1 N–H and O–H groups in total. The summed E-state index contributed by atoms with van der Waals surface area (Å²) in [4.78, 5) is 4.95. The third-order valence-electron chi connectivity index (χ3n) is 4.35. The molecule has 1 aliphatic rings. The maximum absolute atomic E-state index is 5.73. The van der Waals surface area contributed by atoms with E-state index in [0.717, 1.165) is 31.9 Å². The molecule has 0 aromatic carbocycles. The van der Waals surface area contributed by atoms with Crippen molar-refractivity contribution < 1.29 is 4.42 Å². The fourth-order valence-corrected chi connectivity index (χ4v) is 2.83. The first-order chi connectivity index (χ1) is 9.74. The van der Waals surface area contributed by atoms with Gasteiger partial charge in [-0.2, -0.15) is 0 Å². The van der Waals surface area contributed by atoms with Crippen molar-refractivity contribution in [3.8, 4) is 0 Å². The molecule has 0 radical (unpaired) electrons. The van der Waals surface area contributed by atoms with Crippen molar-refractivity contribution in [1.82, 2.24) is 15.1 Å². The van der Waals surface area contributed by atoms with Crippen LogP contribution in [-0.4, -0.2) is 47.6 Å². The molecule has 21 heavy (non-hydrogen) atoms. The molecule has 0 bridgehead atoms. The fourth-order valence-electron chi connectivity index (χ4n) is 2.83. The lowest BCUT2D eigenvalue weighted by Crippen LogP contribution is -2.54. The lowest BCUT2D eigenvalue weighted by Gasteiger charge is -2.42. The van der Waals surface area contributed by atoms with Crippen molar-refractivity contribution in [2.75, 3.05) is 20.1 Å². The van der Waals surface area contributed by atoms with E-state index in [1.54, 1.807) is 0 Å². The van der Waals surface area contributed by atoms with E-state index >= 15 is 0 Å². The SMILES string of the molecule is CC1CN(Cc2cc(CNC(C)(C)C)co2)CC(C)N1C. The summed E-state index contributed by atoms with van der Waals surface area (Å²) in [6.07, 6.45) is 1.89. The molecule has 2 unspecified atom stereocenters. The summed E-state index contributed by atoms with van der Waals surface area (Å²) in [5.41, 5.74) is 1.37. The number of rotatable bonds is 4. The first kappa shape index (κ1) is 16.5. The Bertz CT molecular complexity index is 437. The maximum atomic E-state index is 5.73. The summed E-state index contributed by atoms with van der Waals surface area (Å²) < 4.78 is 5.73. The molecule has 2 atom stereocenters. The molecule has 0 spiro atoms.